The van der Waals surface area contributed by atoms with Crippen LogP contribution in [-0.4, -0.2) is 32.1 Å². The Bertz CT molecular complexity index is 669. The lowest BCUT2D eigenvalue weighted by Crippen LogP contribution is -2.25. The second kappa shape index (κ2) is 9.71. The molecule has 0 aliphatic rings. The second-order valence-corrected chi connectivity index (χ2v) is 5.49. The number of carbonyl (C=O) groups excluding carboxylic acids is 2. The zero-order valence-corrected chi connectivity index (χ0v) is 14.4. The largest absolute Gasteiger partial charge is 0.449 e. The number of methoxy groups -OCH3 is 1. The van der Waals surface area contributed by atoms with Gasteiger partial charge in [-0.25, -0.2) is 4.79 Å². The standard InChI is InChI=1S/C20H22O5/c1-15(21)20(22)25-19(17-11-7-4-8-12-17)18(24-14-13-23-2)16-9-5-3-6-10-16/h3-12,18-19H,13-14H2,1-2H3/t18-,19+/m0/s1. The number of hydrogen-bond acceptors (Lipinski definition) is 5. The molecule has 2 aromatic carbocycles. The Labute approximate surface area is 147 Å². The highest BCUT2D eigenvalue weighted by Crippen LogP contribution is 2.35. The summed E-state index contributed by atoms with van der Waals surface area (Å²) in [6.45, 7) is 1.93. The summed E-state index contributed by atoms with van der Waals surface area (Å²) in [6, 6.07) is 18.7. The fourth-order valence-electron chi connectivity index (χ4n) is 2.41. The highest BCUT2D eigenvalue weighted by molar-refractivity contribution is 6.32. The summed E-state index contributed by atoms with van der Waals surface area (Å²) in [6.07, 6.45) is -1.29. The Morgan fingerprint density at radius 1 is 0.840 bits per heavy atom. The van der Waals surface area contributed by atoms with Crippen molar-refractivity contribution in [3.05, 3.63) is 71.8 Å². The minimum atomic E-state index is -0.884. The van der Waals surface area contributed by atoms with Crippen LogP contribution >= 0.6 is 0 Å². The van der Waals surface area contributed by atoms with E-state index in [1.165, 1.54) is 6.92 Å². The molecular weight excluding hydrogens is 320 g/mol. The van der Waals surface area contributed by atoms with Gasteiger partial charge < -0.3 is 14.2 Å². The number of Topliss-reactive ketones (excluding diaryl/α,β-unsaturated/α-hetero) is 1. The number of rotatable bonds is 9. The number of benzene rings is 2. The van der Waals surface area contributed by atoms with E-state index in [0.717, 1.165) is 11.1 Å². The molecule has 2 atom stereocenters. The van der Waals surface area contributed by atoms with E-state index in [1.807, 2.05) is 60.7 Å². The Morgan fingerprint density at radius 3 is 1.84 bits per heavy atom. The van der Waals surface area contributed by atoms with Gasteiger partial charge in [0.05, 0.1) is 13.2 Å². The lowest BCUT2D eigenvalue weighted by atomic mass is 9.98. The minimum absolute atomic E-state index is 0.330. The van der Waals surface area contributed by atoms with Gasteiger partial charge in [0.15, 0.2) is 6.10 Å². The van der Waals surface area contributed by atoms with Crippen LogP contribution in [0.25, 0.3) is 0 Å². The highest BCUT2D eigenvalue weighted by atomic mass is 16.6. The molecule has 5 nitrogen and oxygen atoms in total. The monoisotopic (exact) mass is 342 g/mol. The lowest BCUT2D eigenvalue weighted by Gasteiger charge is -2.27. The van der Waals surface area contributed by atoms with E-state index in [1.54, 1.807) is 7.11 Å². The van der Waals surface area contributed by atoms with Gasteiger partial charge in [0, 0.05) is 14.0 Å². The van der Waals surface area contributed by atoms with E-state index >= 15 is 0 Å². The molecule has 2 aromatic rings. The first-order valence-electron chi connectivity index (χ1n) is 8.05. The molecule has 25 heavy (non-hydrogen) atoms. The van der Waals surface area contributed by atoms with Crippen LogP contribution < -0.4 is 0 Å². The molecule has 0 radical (unpaired) electrons. The molecule has 0 aliphatic carbocycles. The molecule has 5 heteroatoms. The summed E-state index contributed by atoms with van der Waals surface area (Å²) in [5.74, 6) is -1.53. The molecule has 0 N–H and O–H groups in total. The Hall–Kier alpha value is -2.50. The van der Waals surface area contributed by atoms with Crippen molar-refractivity contribution >= 4 is 11.8 Å². The minimum Gasteiger partial charge on any atom is -0.449 e. The smallest absolute Gasteiger partial charge is 0.375 e. The van der Waals surface area contributed by atoms with Crippen molar-refractivity contribution in [3.8, 4) is 0 Å². The van der Waals surface area contributed by atoms with Crippen molar-refractivity contribution in [2.75, 3.05) is 20.3 Å². The summed E-state index contributed by atoms with van der Waals surface area (Å²) in [5, 5.41) is 0. The van der Waals surface area contributed by atoms with Gasteiger partial charge in [0.2, 0.25) is 5.78 Å². The first kappa shape index (κ1) is 18.8. The molecular formula is C20H22O5. The van der Waals surface area contributed by atoms with Crippen LogP contribution in [0.1, 0.15) is 30.3 Å². The van der Waals surface area contributed by atoms with Crippen LogP contribution in [0.15, 0.2) is 60.7 Å². The predicted octanol–water partition coefficient (Wildman–Crippen LogP) is 3.26. The van der Waals surface area contributed by atoms with Crippen molar-refractivity contribution in [3.63, 3.8) is 0 Å². The average molecular weight is 342 g/mol. The number of hydrogen-bond donors (Lipinski definition) is 0. The number of carbonyl (C=O) groups is 2. The molecule has 0 spiro atoms. The Kier molecular flexibility index (Phi) is 7.32. The van der Waals surface area contributed by atoms with E-state index in [-0.39, 0.29) is 0 Å². The maximum atomic E-state index is 11.9. The van der Waals surface area contributed by atoms with Gasteiger partial charge in [-0.3, -0.25) is 4.79 Å². The normalized spacial score (nSPS) is 13.0. The molecule has 0 aromatic heterocycles. The zero-order chi connectivity index (χ0) is 18.1. The van der Waals surface area contributed by atoms with Gasteiger partial charge in [0.25, 0.3) is 0 Å². The average Bonchev–Trinajstić information content (AvgIpc) is 2.65. The van der Waals surface area contributed by atoms with Crippen molar-refractivity contribution < 1.29 is 23.8 Å². The molecule has 0 saturated carbocycles. The van der Waals surface area contributed by atoms with Crippen LogP contribution in [0.5, 0.6) is 0 Å². The zero-order valence-electron chi connectivity index (χ0n) is 14.4. The highest BCUT2D eigenvalue weighted by Gasteiger charge is 2.30. The molecule has 0 amide bonds. The van der Waals surface area contributed by atoms with Gasteiger partial charge in [-0.1, -0.05) is 60.7 Å². The van der Waals surface area contributed by atoms with E-state index < -0.39 is 24.0 Å². The van der Waals surface area contributed by atoms with Gasteiger partial charge in [-0.15, -0.1) is 0 Å². The second-order valence-electron chi connectivity index (χ2n) is 5.49. The molecule has 0 heterocycles. The third-order valence-electron chi connectivity index (χ3n) is 3.64. The number of ether oxygens (including phenoxy) is 3. The third kappa shape index (κ3) is 5.52. The third-order valence-corrected chi connectivity index (χ3v) is 3.64. The Balaban J connectivity index is 2.37. The van der Waals surface area contributed by atoms with Crippen molar-refractivity contribution in [1.82, 2.24) is 0 Å². The summed E-state index contributed by atoms with van der Waals surface area (Å²) in [4.78, 5) is 23.3. The van der Waals surface area contributed by atoms with Crippen molar-refractivity contribution in [2.24, 2.45) is 0 Å². The van der Waals surface area contributed by atoms with E-state index in [2.05, 4.69) is 0 Å². The molecule has 0 unspecified atom stereocenters. The van der Waals surface area contributed by atoms with Gasteiger partial charge in [0.1, 0.15) is 6.10 Å². The fourth-order valence-corrected chi connectivity index (χ4v) is 2.41. The van der Waals surface area contributed by atoms with Gasteiger partial charge in [-0.05, 0) is 11.1 Å². The quantitative estimate of drug-likeness (QED) is 0.398. The molecule has 0 saturated heterocycles. The van der Waals surface area contributed by atoms with E-state index in [0.29, 0.717) is 13.2 Å². The maximum Gasteiger partial charge on any atom is 0.375 e. The van der Waals surface area contributed by atoms with Crippen LogP contribution in [0.3, 0.4) is 0 Å². The maximum absolute atomic E-state index is 11.9. The Morgan fingerprint density at radius 2 is 1.36 bits per heavy atom. The molecule has 132 valence electrons. The van der Waals surface area contributed by atoms with Gasteiger partial charge in [-0.2, -0.15) is 0 Å². The molecule has 0 bridgehead atoms. The van der Waals surface area contributed by atoms with Crippen LogP contribution in [0.4, 0.5) is 0 Å². The van der Waals surface area contributed by atoms with Crippen LogP contribution in [0.2, 0.25) is 0 Å². The van der Waals surface area contributed by atoms with Gasteiger partial charge >= 0.3 is 5.97 Å². The molecule has 0 fully saturated rings. The molecule has 2 rings (SSSR count). The van der Waals surface area contributed by atoms with Crippen molar-refractivity contribution in [2.45, 2.75) is 19.1 Å². The van der Waals surface area contributed by atoms with E-state index in [4.69, 9.17) is 14.2 Å². The van der Waals surface area contributed by atoms with Crippen LogP contribution in [0, 0.1) is 0 Å². The summed E-state index contributed by atoms with van der Waals surface area (Å²) < 4.78 is 16.5. The summed E-state index contributed by atoms with van der Waals surface area (Å²) in [7, 11) is 1.59. The lowest BCUT2D eigenvalue weighted by molar-refractivity contribution is -0.165. The first-order valence-corrected chi connectivity index (χ1v) is 8.05. The molecule has 0 aliphatic heterocycles. The SMILES string of the molecule is COCCO[C@@H](c1ccccc1)[C@H](OC(=O)C(C)=O)c1ccccc1. The fraction of sp³-hybridized carbons (Fsp3) is 0.300. The van der Waals surface area contributed by atoms with Crippen LogP contribution in [-0.2, 0) is 23.8 Å². The predicted molar refractivity (Wildman–Crippen MR) is 93.0 cm³/mol. The number of esters is 1. The van der Waals surface area contributed by atoms with Crippen molar-refractivity contribution in [1.29, 1.82) is 0 Å². The van der Waals surface area contributed by atoms with E-state index in [9.17, 15) is 9.59 Å². The topological polar surface area (TPSA) is 61.8 Å². The summed E-state index contributed by atoms with van der Waals surface area (Å²) in [5.41, 5.74) is 1.60. The first-order chi connectivity index (χ1) is 12.1. The number of ketones is 1. The summed E-state index contributed by atoms with van der Waals surface area (Å²) >= 11 is 0.